The maximum absolute atomic E-state index is 13.3. The van der Waals surface area contributed by atoms with Crippen LogP contribution in [0.2, 0.25) is 0 Å². The highest BCUT2D eigenvalue weighted by Crippen LogP contribution is 2.43. The van der Waals surface area contributed by atoms with E-state index in [0.29, 0.717) is 18.9 Å². The molecule has 0 aromatic heterocycles. The lowest BCUT2D eigenvalue weighted by Crippen LogP contribution is -3.12. The summed E-state index contributed by atoms with van der Waals surface area (Å²) in [5, 5.41) is 0. The van der Waals surface area contributed by atoms with Gasteiger partial charge in [0, 0.05) is 6.42 Å². The van der Waals surface area contributed by atoms with Gasteiger partial charge in [-0.1, -0.05) is 27.7 Å². The normalized spacial score (nSPS) is 32.9. The zero-order chi connectivity index (χ0) is 19.8. The molecular formula is C21H38N3O3+. The summed E-state index contributed by atoms with van der Waals surface area (Å²) in [7, 11) is 2.16. The van der Waals surface area contributed by atoms with Gasteiger partial charge in [0.2, 0.25) is 11.8 Å². The van der Waals surface area contributed by atoms with Crippen molar-refractivity contribution in [3.8, 4) is 0 Å². The Labute approximate surface area is 164 Å². The van der Waals surface area contributed by atoms with Crippen molar-refractivity contribution < 1.29 is 19.2 Å². The summed E-state index contributed by atoms with van der Waals surface area (Å²) < 4.78 is 6.28. The second-order valence-corrected chi connectivity index (χ2v) is 10.2. The van der Waals surface area contributed by atoms with Crippen molar-refractivity contribution >= 4 is 11.8 Å². The van der Waals surface area contributed by atoms with Crippen molar-refractivity contribution in [2.75, 3.05) is 39.8 Å². The molecule has 1 aliphatic carbocycles. The Morgan fingerprint density at radius 2 is 1.74 bits per heavy atom. The van der Waals surface area contributed by atoms with Crippen LogP contribution in [0.25, 0.3) is 0 Å². The number of nitrogens with one attached hydrogen (secondary N) is 1. The molecule has 27 heavy (non-hydrogen) atoms. The second kappa shape index (κ2) is 7.70. The lowest BCUT2D eigenvalue weighted by atomic mass is 9.82. The molecule has 0 aromatic rings. The van der Waals surface area contributed by atoms with Gasteiger partial charge in [-0.2, -0.15) is 0 Å². The minimum absolute atomic E-state index is 0.0765. The standard InChI is InChI=1S/C21H37N3O3/c1-16-6-8-21(9-7-16)24(18(25)14-20(2,3)4)17(15-27-21)19(26)23-12-10-22(5)11-13-23/h16-17H,6-15H2,1-5H3/p+1/t16?,17-,21?/m0/s1. The van der Waals surface area contributed by atoms with E-state index in [1.165, 1.54) is 4.90 Å². The molecule has 3 aliphatic rings. The van der Waals surface area contributed by atoms with Crippen LogP contribution >= 0.6 is 0 Å². The number of carbonyl (C=O) groups is 2. The van der Waals surface area contributed by atoms with Gasteiger partial charge in [-0.15, -0.1) is 0 Å². The third-order valence-corrected chi connectivity index (χ3v) is 6.48. The fraction of sp³-hybridized carbons (Fsp3) is 0.905. The van der Waals surface area contributed by atoms with Crippen LogP contribution < -0.4 is 4.90 Å². The first-order valence-electron chi connectivity index (χ1n) is 10.7. The average Bonchev–Trinajstić information content (AvgIpc) is 2.95. The van der Waals surface area contributed by atoms with Gasteiger partial charge < -0.3 is 14.5 Å². The molecule has 2 heterocycles. The van der Waals surface area contributed by atoms with Crippen molar-refractivity contribution in [3.63, 3.8) is 0 Å². The van der Waals surface area contributed by atoms with Crippen LogP contribution in [0.15, 0.2) is 0 Å². The molecule has 1 saturated carbocycles. The quantitative estimate of drug-likeness (QED) is 0.775. The minimum atomic E-state index is -0.563. The first-order valence-corrected chi connectivity index (χ1v) is 10.7. The highest BCUT2D eigenvalue weighted by Gasteiger charge is 2.54. The van der Waals surface area contributed by atoms with Crippen LogP contribution in [-0.2, 0) is 14.3 Å². The molecule has 2 amide bonds. The summed E-state index contributed by atoms with van der Waals surface area (Å²) in [4.78, 5) is 31.9. The van der Waals surface area contributed by atoms with Crippen molar-refractivity contribution in [2.24, 2.45) is 11.3 Å². The molecule has 0 unspecified atom stereocenters. The number of piperazine rings is 1. The zero-order valence-electron chi connectivity index (χ0n) is 17.8. The van der Waals surface area contributed by atoms with Crippen LogP contribution in [0, 0.1) is 11.3 Å². The van der Waals surface area contributed by atoms with Crippen molar-refractivity contribution in [1.82, 2.24) is 9.80 Å². The number of ether oxygens (including phenoxy) is 1. The highest BCUT2D eigenvalue weighted by molar-refractivity contribution is 5.89. The van der Waals surface area contributed by atoms with Gasteiger partial charge in [-0.3, -0.25) is 14.5 Å². The third kappa shape index (κ3) is 4.48. The van der Waals surface area contributed by atoms with E-state index in [0.717, 1.165) is 51.9 Å². The Morgan fingerprint density at radius 3 is 2.30 bits per heavy atom. The molecule has 3 fully saturated rings. The number of amides is 2. The molecule has 1 atom stereocenters. The summed E-state index contributed by atoms with van der Waals surface area (Å²) in [5.74, 6) is 0.821. The topological polar surface area (TPSA) is 54.3 Å². The van der Waals surface area contributed by atoms with Gasteiger partial charge in [0.15, 0.2) is 0 Å². The highest BCUT2D eigenvalue weighted by atomic mass is 16.5. The Balaban J connectivity index is 1.81. The lowest BCUT2D eigenvalue weighted by molar-refractivity contribution is -0.883. The predicted molar refractivity (Wildman–Crippen MR) is 104 cm³/mol. The molecule has 1 spiro atoms. The molecule has 0 radical (unpaired) electrons. The zero-order valence-corrected chi connectivity index (χ0v) is 17.8. The molecule has 0 bridgehead atoms. The van der Waals surface area contributed by atoms with Crippen molar-refractivity contribution in [1.29, 1.82) is 0 Å². The summed E-state index contributed by atoms with van der Waals surface area (Å²) in [6.45, 7) is 12.3. The average molecular weight is 381 g/mol. The van der Waals surface area contributed by atoms with Crippen LogP contribution in [0.1, 0.15) is 59.8 Å². The number of hydrogen-bond acceptors (Lipinski definition) is 3. The second-order valence-electron chi connectivity index (χ2n) is 10.2. The molecule has 6 nitrogen and oxygen atoms in total. The van der Waals surface area contributed by atoms with Crippen molar-refractivity contribution in [2.45, 2.75) is 71.6 Å². The SMILES string of the molecule is CC1CCC2(CC1)OC[C@@H](C(=O)N1CC[NH+](C)CC1)N2C(=O)CC(C)(C)C. The summed E-state index contributed by atoms with van der Waals surface area (Å²) in [6.07, 6.45) is 4.25. The van der Waals surface area contributed by atoms with E-state index in [9.17, 15) is 9.59 Å². The Kier molecular flexibility index (Phi) is 5.88. The van der Waals surface area contributed by atoms with Crippen molar-refractivity contribution in [3.05, 3.63) is 0 Å². The van der Waals surface area contributed by atoms with E-state index < -0.39 is 11.8 Å². The van der Waals surface area contributed by atoms with E-state index in [1.54, 1.807) is 0 Å². The van der Waals surface area contributed by atoms with E-state index in [4.69, 9.17) is 4.74 Å². The molecule has 154 valence electrons. The molecule has 1 N–H and O–H groups in total. The van der Waals surface area contributed by atoms with E-state index in [2.05, 4.69) is 34.7 Å². The van der Waals surface area contributed by atoms with E-state index in [-0.39, 0.29) is 17.2 Å². The monoisotopic (exact) mass is 380 g/mol. The van der Waals surface area contributed by atoms with Gasteiger partial charge >= 0.3 is 0 Å². The number of quaternary nitrogens is 1. The minimum Gasteiger partial charge on any atom is -0.353 e. The van der Waals surface area contributed by atoms with Gasteiger partial charge in [-0.25, -0.2) is 0 Å². The fourth-order valence-corrected chi connectivity index (χ4v) is 4.70. The number of carbonyl (C=O) groups excluding carboxylic acids is 2. The molecule has 2 aliphatic heterocycles. The fourth-order valence-electron chi connectivity index (χ4n) is 4.70. The number of nitrogens with zero attached hydrogens (tertiary/aromatic N) is 2. The first kappa shape index (κ1) is 20.6. The smallest absolute Gasteiger partial charge is 0.248 e. The predicted octanol–water partition coefficient (Wildman–Crippen LogP) is 0.913. The van der Waals surface area contributed by atoms with Gasteiger partial charge in [0.1, 0.15) is 11.8 Å². The Bertz CT molecular complexity index is 556. The molecular weight excluding hydrogens is 342 g/mol. The largest absolute Gasteiger partial charge is 0.353 e. The molecule has 0 aromatic carbocycles. The Hall–Kier alpha value is -1.14. The van der Waals surface area contributed by atoms with Gasteiger partial charge in [-0.05, 0) is 37.0 Å². The maximum atomic E-state index is 13.3. The van der Waals surface area contributed by atoms with E-state index in [1.807, 2.05) is 9.80 Å². The molecule has 3 rings (SSSR count). The number of hydrogen-bond donors (Lipinski definition) is 1. The first-order chi connectivity index (χ1) is 12.6. The number of rotatable bonds is 2. The van der Waals surface area contributed by atoms with Gasteiger partial charge in [0.25, 0.3) is 0 Å². The van der Waals surface area contributed by atoms with Crippen LogP contribution in [0.4, 0.5) is 0 Å². The van der Waals surface area contributed by atoms with Crippen LogP contribution in [0.5, 0.6) is 0 Å². The summed E-state index contributed by atoms with van der Waals surface area (Å²) in [6, 6.07) is -0.452. The number of likely N-dealkylation sites (N-methyl/N-ethyl adjacent to an activating group) is 1. The Morgan fingerprint density at radius 1 is 1.15 bits per heavy atom. The third-order valence-electron chi connectivity index (χ3n) is 6.48. The van der Waals surface area contributed by atoms with Gasteiger partial charge in [0.05, 0.1) is 39.8 Å². The molecule has 6 heteroatoms. The van der Waals surface area contributed by atoms with Crippen LogP contribution in [0.3, 0.4) is 0 Å². The maximum Gasteiger partial charge on any atom is 0.248 e. The summed E-state index contributed by atoms with van der Waals surface area (Å²) in [5.41, 5.74) is -0.666. The van der Waals surface area contributed by atoms with E-state index >= 15 is 0 Å². The summed E-state index contributed by atoms with van der Waals surface area (Å²) >= 11 is 0. The molecule has 2 saturated heterocycles. The van der Waals surface area contributed by atoms with Crippen LogP contribution in [-0.4, -0.2) is 73.2 Å². The lowest BCUT2D eigenvalue weighted by Gasteiger charge is -2.44.